The normalized spacial score (nSPS) is 12.8. The molecule has 2 atom stereocenters. The lowest BCUT2D eigenvalue weighted by molar-refractivity contribution is -0.173. The van der Waals surface area contributed by atoms with Crippen LogP contribution in [0.3, 0.4) is 0 Å². The van der Waals surface area contributed by atoms with Crippen LogP contribution in [-0.4, -0.2) is 36.0 Å². The average Bonchev–Trinajstić information content (AvgIpc) is 2.68. The maximum absolute atomic E-state index is 11.8. The highest BCUT2D eigenvalue weighted by Gasteiger charge is 2.20. The molecule has 0 aromatic heterocycles. The van der Waals surface area contributed by atoms with Crippen molar-refractivity contribution in [2.24, 2.45) is 5.73 Å². The molecule has 2 rings (SSSR count). The van der Waals surface area contributed by atoms with E-state index in [0.717, 1.165) is 16.7 Å². The van der Waals surface area contributed by atoms with Gasteiger partial charge in [0.15, 0.2) is 6.10 Å². The summed E-state index contributed by atoms with van der Waals surface area (Å²) in [6.45, 7) is 1.33. The van der Waals surface area contributed by atoms with Gasteiger partial charge >= 0.3 is 11.9 Å². The van der Waals surface area contributed by atoms with E-state index in [2.05, 4.69) is 0 Å². The third kappa shape index (κ3) is 7.85. The number of halogens is 1. The molecule has 0 amide bonds. The molecule has 0 saturated carbocycles. The van der Waals surface area contributed by atoms with Crippen molar-refractivity contribution in [1.82, 2.24) is 0 Å². The predicted molar refractivity (Wildman–Crippen MR) is 111 cm³/mol. The number of aliphatic hydroxyl groups is 1. The first-order valence-electron chi connectivity index (χ1n) is 9.49. The molecule has 6 nitrogen and oxygen atoms in total. The summed E-state index contributed by atoms with van der Waals surface area (Å²) in [5, 5.41) is 10.6. The van der Waals surface area contributed by atoms with Crippen LogP contribution in [0.2, 0.25) is 5.02 Å². The fraction of sp³-hybridized carbons (Fsp3) is 0.364. The minimum Gasteiger partial charge on any atom is -0.428 e. The van der Waals surface area contributed by atoms with Gasteiger partial charge < -0.3 is 20.3 Å². The Hall–Kier alpha value is -2.41. The van der Waals surface area contributed by atoms with E-state index in [1.807, 2.05) is 55.5 Å². The minimum absolute atomic E-state index is 0.0395. The van der Waals surface area contributed by atoms with E-state index in [0.29, 0.717) is 17.9 Å². The maximum atomic E-state index is 11.8. The molecule has 3 N–H and O–H groups in total. The number of rotatable bonds is 10. The number of esters is 2. The van der Waals surface area contributed by atoms with Gasteiger partial charge in [0.05, 0.1) is 0 Å². The maximum Gasteiger partial charge on any atom is 0.337 e. The second-order valence-electron chi connectivity index (χ2n) is 6.77. The van der Waals surface area contributed by atoms with E-state index in [9.17, 15) is 14.7 Å². The van der Waals surface area contributed by atoms with Crippen molar-refractivity contribution in [2.75, 3.05) is 6.79 Å². The Morgan fingerprint density at radius 3 is 2.48 bits per heavy atom. The van der Waals surface area contributed by atoms with Crippen LogP contribution in [0, 0.1) is 0 Å². The summed E-state index contributed by atoms with van der Waals surface area (Å²) in [7, 11) is 0. The lowest BCUT2D eigenvalue weighted by Gasteiger charge is -2.16. The van der Waals surface area contributed by atoms with Gasteiger partial charge in [0.2, 0.25) is 6.79 Å². The molecule has 0 saturated heterocycles. The molecule has 0 radical (unpaired) electrons. The quantitative estimate of drug-likeness (QED) is 0.452. The zero-order valence-corrected chi connectivity index (χ0v) is 17.1. The largest absolute Gasteiger partial charge is 0.428 e. The number of nitrogens with two attached hydrogens (primary N) is 1. The van der Waals surface area contributed by atoms with Crippen LogP contribution in [0.1, 0.15) is 31.7 Å². The van der Waals surface area contributed by atoms with Gasteiger partial charge in [-0.1, -0.05) is 54.9 Å². The van der Waals surface area contributed by atoms with Crippen LogP contribution in [0.4, 0.5) is 0 Å². The van der Waals surface area contributed by atoms with Crippen molar-refractivity contribution in [3.8, 4) is 11.1 Å². The Bertz CT molecular complexity index is 809. The van der Waals surface area contributed by atoms with Crippen LogP contribution in [0.25, 0.3) is 11.1 Å². The van der Waals surface area contributed by atoms with E-state index in [1.165, 1.54) is 0 Å². The first-order chi connectivity index (χ1) is 13.9. The molecule has 0 fully saturated rings. The van der Waals surface area contributed by atoms with Gasteiger partial charge in [-0.2, -0.15) is 0 Å². The SMILES string of the molecule is CCCC(=O)OCOC(=O)[C@H](O)C[C@H](N)Cc1ccc(-c2cccc(Cl)c2)cc1. The average molecular weight is 420 g/mol. The van der Waals surface area contributed by atoms with Crippen LogP contribution in [0.5, 0.6) is 0 Å². The van der Waals surface area contributed by atoms with Gasteiger partial charge in [0, 0.05) is 17.5 Å². The summed E-state index contributed by atoms with van der Waals surface area (Å²) in [5.41, 5.74) is 9.10. The molecule has 0 aliphatic heterocycles. The van der Waals surface area contributed by atoms with Gasteiger partial charge in [0.25, 0.3) is 0 Å². The van der Waals surface area contributed by atoms with E-state index in [1.54, 1.807) is 0 Å². The molecule has 0 heterocycles. The number of benzene rings is 2. The summed E-state index contributed by atoms with van der Waals surface area (Å²) < 4.78 is 9.47. The summed E-state index contributed by atoms with van der Waals surface area (Å²) in [6.07, 6.45) is 0.0510. The molecule has 29 heavy (non-hydrogen) atoms. The highest BCUT2D eigenvalue weighted by molar-refractivity contribution is 6.30. The van der Waals surface area contributed by atoms with Gasteiger partial charge in [-0.15, -0.1) is 0 Å². The monoisotopic (exact) mass is 419 g/mol. The Morgan fingerprint density at radius 2 is 1.83 bits per heavy atom. The van der Waals surface area contributed by atoms with Crippen LogP contribution >= 0.6 is 11.6 Å². The molecular weight excluding hydrogens is 394 g/mol. The smallest absolute Gasteiger partial charge is 0.337 e. The molecule has 2 aromatic rings. The van der Waals surface area contributed by atoms with Crippen LogP contribution in [-0.2, 0) is 25.5 Å². The third-order valence-corrected chi connectivity index (χ3v) is 4.52. The molecule has 0 bridgehead atoms. The zero-order chi connectivity index (χ0) is 21.2. The third-order valence-electron chi connectivity index (χ3n) is 4.28. The number of carbonyl (C=O) groups excluding carboxylic acids is 2. The highest BCUT2D eigenvalue weighted by atomic mass is 35.5. The Balaban J connectivity index is 1.80. The number of hydrogen-bond acceptors (Lipinski definition) is 6. The fourth-order valence-electron chi connectivity index (χ4n) is 2.80. The number of aliphatic hydroxyl groups excluding tert-OH is 1. The van der Waals surface area contributed by atoms with Crippen molar-refractivity contribution in [3.63, 3.8) is 0 Å². The van der Waals surface area contributed by atoms with E-state index < -0.39 is 30.9 Å². The zero-order valence-electron chi connectivity index (χ0n) is 16.3. The minimum atomic E-state index is -1.37. The van der Waals surface area contributed by atoms with Crippen molar-refractivity contribution in [1.29, 1.82) is 0 Å². The summed E-state index contributed by atoms with van der Waals surface area (Å²) in [5.74, 6) is -1.31. The Morgan fingerprint density at radius 1 is 1.10 bits per heavy atom. The van der Waals surface area contributed by atoms with Crippen LogP contribution < -0.4 is 5.73 Å². The lowest BCUT2D eigenvalue weighted by Crippen LogP contribution is -2.34. The molecule has 0 aliphatic carbocycles. The highest BCUT2D eigenvalue weighted by Crippen LogP contribution is 2.23. The summed E-state index contributed by atoms with van der Waals surface area (Å²) >= 11 is 6.03. The first kappa shape index (κ1) is 22.9. The van der Waals surface area contributed by atoms with Gasteiger partial charge in [-0.25, -0.2) is 4.79 Å². The second kappa shape index (κ2) is 11.6. The van der Waals surface area contributed by atoms with Crippen molar-refractivity contribution < 1.29 is 24.2 Å². The summed E-state index contributed by atoms with van der Waals surface area (Å²) in [4.78, 5) is 23.0. The predicted octanol–water partition coefficient (Wildman–Crippen LogP) is 3.47. The van der Waals surface area contributed by atoms with Gasteiger partial charge in [-0.3, -0.25) is 4.79 Å². The van der Waals surface area contributed by atoms with E-state index in [4.69, 9.17) is 26.8 Å². The van der Waals surface area contributed by atoms with E-state index in [-0.39, 0.29) is 12.8 Å². The fourth-order valence-corrected chi connectivity index (χ4v) is 2.99. The first-order valence-corrected chi connectivity index (χ1v) is 9.87. The number of carbonyl (C=O) groups is 2. The standard InChI is InChI=1S/C22H26ClNO5/c1-2-4-21(26)28-14-29-22(27)20(25)13-19(24)11-15-7-9-16(10-8-15)17-5-3-6-18(23)12-17/h3,5-10,12,19-20,25H,2,4,11,13-14,24H2,1H3/t19-,20-/m1/s1. The Labute approximate surface area is 175 Å². The molecule has 156 valence electrons. The Kier molecular flexibility index (Phi) is 9.12. The van der Waals surface area contributed by atoms with Gasteiger partial charge in [-0.05, 0) is 48.1 Å². The number of hydrogen-bond donors (Lipinski definition) is 2. The second-order valence-corrected chi connectivity index (χ2v) is 7.21. The molecular formula is C22H26ClNO5. The summed E-state index contributed by atoms with van der Waals surface area (Å²) in [6, 6.07) is 15.0. The van der Waals surface area contributed by atoms with E-state index >= 15 is 0 Å². The molecule has 0 unspecified atom stereocenters. The van der Waals surface area contributed by atoms with Crippen molar-refractivity contribution in [2.45, 2.75) is 44.8 Å². The van der Waals surface area contributed by atoms with Gasteiger partial charge in [0.1, 0.15) is 0 Å². The topological polar surface area (TPSA) is 98.8 Å². The number of ether oxygens (including phenoxy) is 2. The van der Waals surface area contributed by atoms with Crippen molar-refractivity contribution >= 4 is 23.5 Å². The molecule has 2 aromatic carbocycles. The molecule has 7 heteroatoms. The molecule has 0 spiro atoms. The molecule has 0 aliphatic rings. The van der Waals surface area contributed by atoms with Crippen LogP contribution in [0.15, 0.2) is 48.5 Å². The lowest BCUT2D eigenvalue weighted by atomic mass is 9.98. The van der Waals surface area contributed by atoms with Crippen molar-refractivity contribution in [3.05, 3.63) is 59.1 Å².